The van der Waals surface area contributed by atoms with Crippen LogP contribution in [-0.2, 0) is 24.2 Å². The number of carboxylic acid groups (broad SMARTS) is 1. The molecule has 6 nitrogen and oxygen atoms in total. The quantitative estimate of drug-likeness (QED) is 0.877. The Morgan fingerprint density at radius 3 is 2.95 bits per heavy atom. The van der Waals surface area contributed by atoms with E-state index in [1.807, 2.05) is 12.1 Å². The fraction of sp³-hybridized carbons (Fsp3) is 0.357. The van der Waals surface area contributed by atoms with Crippen molar-refractivity contribution in [3.63, 3.8) is 0 Å². The molecule has 1 aliphatic heterocycles. The first-order valence-corrected chi connectivity index (χ1v) is 6.56. The molecule has 2 heterocycles. The van der Waals surface area contributed by atoms with Crippen molar-refractivity contribution >= 4 is 5.97 Å². The molecule has 0 saturated heterocycles. The first-order chi connectivity index (χ1) is 9.63. The van der Waals surface area contributed by atoms with Crippen molar-refractivity contribution < 1.29 is 15.0 Å². The van der Waals surface area contributed by atoms with Crippen LogP contribution in [0.5, 0.6) is 5.75 Å². The number of phenolic OH excluding ortho intramolecular Hbond substituents is 1. The van der Waals surface area contributed by atoms with Crippen molar-refractivity contribution in [2.45, 2.75) is 25.8 Å². The Hall–Kier alpha value is -2.37. The number of aryl methyl sites for hydroxylation is 1. The number of nitrogens with zero attached hydrogens (tertiary/aromatic N) is 3. The SMILES string of the molecule is O=C(O)C1CCc2nc(Cc3ccccc3O)nn2C1. The molecule has 0 bridgehead atoms. The molecule has 3 rings (SSSR count). The summed E-state index contributed by atoms with van der Waals surface area (Å²) in [5.41, 5.74) is 0.769. The van der Waals surface area contributed by atoms with Gasteiger partial charge in [-0.3, -0.25) is 4.79 Å². The fourth-order valence-corrected chi connectivity index (χ4v) is 2.47. The molecule has 1 atom stereocenters. The van der Waals surface area contributed by atoms with E-state index in [1.165, 1.54) is 0 Å². The minimum Gasteiger partial charge on any atom is -0.508 e. The van der Waals surface area contributed by atoms with Crippen LogP contribution in [0.3, 0.4) is 0 Å². The standard InChI is InChI=1S/C14H15N3O3/c18-11-4-2-1-3-9(11)7-12-15-13-6-5-10(14(19)20)8-17(13)16-12/h1-4,10,18H,5-8H2,(H,19,20). The molecule has 0 fully saturated rings. The second-order valence-electron chi connectivity index (χ2n) is 5.01. The van der Waals surface area contributed by atoms with Gasteiger partial charge in [0, 0.05) is 18.4 Å². The molecule has 0 radical (unpaired) electrons. The molecule has 0 aliphatic carbocycles. The third kappa shape index (κ3) is 2.36. The predicted octanol–water partition coefficient (Wildman–Crippen LogP) is 1.22. The molecule has 2 N–H and O–H groups in total. The van der Waals surface area contributed by atoms with Gasteiger partial charge in [0.2, 0.25) is 0 Å². The summed E-state index contributed by atoms with van der Waals surface area (Å²) in [5.74, 6) is 0.500. The highest BCUT2D eigenvalue weighted by atomic mass is 16.4. The van der Waals surface area contributed by atoms with Gasteiger partial charge in [0.05, 0.1) is 12.5 Å². The molecular formula is C14H15N3O3. The van der Waals surface area contributed by atoms with Crippen molar-refractivity contribution in [2.75, 3.05) is 0 Å². The van der Waals surface area contributed by atoms with Gasteiger partial charge in [0.1, 0.15) is 11.6 Å². The summed E-state index contributed by atoms with van der Waals surface area (Å²) in [5, 5.41) is 23.1. The van der Waals surface area contributed by atoms with Crippen LogP contribution in [0.4, 0.5) is 0 Å². The lowest BCUT2D eigenvalue weighted by Crippen LogP contribution is -2.27. The number of phenols is 1. The highest BCUT2D eigenvalue weighted by Crippen LogP contribution is 2.21. The van der Waals surface area contributed by atoms with Crippen LogP contribution in [0.25, 0.3) is 0 Å². The van der Waals surface area contributed by atoms with Crippen molar-refractivity contribution in [1.29, 1.82) is 0 Å². The topological polar surface area (TPSA) is 88.2 Å². The van der Waals surface area contributed by atoms with Gasteiger partial charge in [0.15, 0.2) is 5.82 Å². The highest BCUT2D eigenvalue weighted by Gasteiger charge is 2.26. The van der Waals surface area contributed by atoms with Crippen molar-refractivity contribution in [3.8, 4) is 5.75 Å². The molecule has 1 unspecified atom stereocenters. The summed E-state index contributed by atoms with van der Waals surface area (Å²) < 4.78 is 1.68. The lowest BCUT2D eigenvalue weighted by Gasteiger charge is -2.18. The number of hydrogen-bond acceptors (Lipinski definition) is 4. The molecule has 2 aromatic rings. The van der Waals surface area contributed by atoms with Gasteiger partial charge < -0.3 is 10.2 Å². The van der Waals surface area contributed by atoms with E-state index in [1.54, 1.807) is 16.8 Å². The van der Waals surface area contributed by atoms with E-state index < -0.39 is 5.97 Å². The van der Waals surface area contributed by atoms with Crippen LogP contribution in [0.2, 0.25) is 0 Å². The molecule has 0 amide bonds. The van der Waals surface area contributed by atoms with Crippen molar-refractivity contribution in [3.05, 3.63) is 41.5 Å². The number of aliphatic carboxylic acids is 1. The predicted molar refractivity (Wildman–Crippen MR) is 70.4 cm³/mol. The van der Waals surface area contributed by atoms with E-state index in [2.05, 4.69) is 10.1 Å². The summed E-state index contributed by atoms with van der Waals surface area (Å²) in [7, 11) is 0. The van der Waals surface area contributed by atoms with E-state index >= 15 is 0 Å². The van der Waals surface area contributed by atoms with E-state index in [4.69, 9.17) is 5.11 Å². The molecule has 0 saturated carbocycles. The number of carboxylic acids is 1. The maximum absolute atomic E-state index is 11.0. The van der Waals surface area contributed by atoms with Gasteiger partial charge in [-0.2, -0.15) is 5.10 Å². The fourth-order valence-electron chi connectivity index (χ4n) is 2.47. The molecule has 104 valence electrons. The van der Waals surface area contributed by atoms with Crippen LogP contribution in [0, 0.1) is 5.92 Å². The van der Waals surface area contributed by atoms with Crippen molar-refractivity contribution in [1.82, 2.24) is 14.8 Å². The van der Waals surface area contributed by atoms with E-state index in [0.717, 1.165) is 11.4 Å². The van der Waals surface area contributed by atoms with Crippen LogP contribution >= 0.6 is 0 Å². The zero-order chi connectivity index (χ0) is 14.1. The van der Waals surface area contributed by atoms with E-state index in [9.17, 15) is 9.90 Å². The Kier molecular flexibility index (Phi) is 3.14. The summed E-state index contributed by atoms with van der Waals surface area (Å²) in [6.07, 6.45) is 1.68. The van der Waals surface area contributed by atoms with Gasteiger partial charge in [-0.05, 0) is 12.5 Å². The summed E-state index contributed by atoms with van der Waals surface area (Å²) >= 11 is 0. The molecule has 1 aromatic heterocycles. The third-order valence-electron chi connectivity index (χ3n) is 3.59. The average Bonchev–Trinajstić information content (AvgIpc) is 2.82. The Morgan fingerprint density at radius 1 is 1.40 bits per heavy atom. The van der Waals surface area contributed by atoms with Gasteiger partial charge >= 0.3 is 5.97 Å². The maximum atomic E-state index is 11.0. The number of benzene rings is 1. The highest BCUT2D eigenvalue weighted by molar-refractivity contribution is 5.70. The Morgan fingerprint density at radius 2 is 2.20 bits per heavy atom. The molecule has 1 aliphatic rings. The number of para-hydroxylation sites is 1. The number of rotatable bonds is 3. The lowest BCUT2D eigenvalue weighted by molar-refractivity contribution is -0.142. The largest absolute Gasteiger partial charge is 0.508 e. The van der Waals surface area contributed by atoms with Gasteiger partial charge in [-0.1, -0.05) is 18.2 Å². The van der Waals surface area contributed by atoms with Crippen LogP contribution < -0.4 is 0 Å². The normalized spacial score (nSPS) is 17.7. The molecule has 6 heteroatoms. The monoisotopic (exact) mass is 273 g/mol. The molecule has 0 spiro atoms. The smallest absolute Gasteiger partial charge is 0.308 e. The summed E-state index contributed by atoms with van der Waals surface area (Å²) in [4.78, 5) is 15.4. The number of aromatic nitrogens is 3. The van der Waals surface area contributed by atoms with Crippen LogP contribution in [0.15, 0.2) is 24.3 Å². The van der Waals surface area contributed by atoms with Crippen molar-refractivity contribution in [2.24, 2.45) is 5.92 Å². The zero-order valence-corrected chi connectivity index (χ0v) is 10.9. The van der Waals surface area contributed by atoms with Gasteiger partial charge in [-0.15, -0.1) is 0 Å². The number of fused-ring (bicyclic) bond motifs is 1. The summed E-state index contributed by atoms with van der Waals surface area (Å²) in [6, 6.07) is 7.08. The zero-order valence-electron chi connectivity index (χ0n) is 10.9. The second-order valence-corrected chi connectivity index (χ2v) is 5.01. The second kappa shape index (κ2) is 4.96. The molecule has 20 heavy (non-hydrogen) atoms. The number of aromatic hydroxyl groups is 1. The Balaban J connectivity index is 1.81. The first-order valence-electron chi connectivity index (χ1n) is 6.56. The van der Waals surface area contributed by atoms with E-state index in [-0.39, 0.29) is 11.7 Å². The maximum Gasteiger partial charge on any atom is 0.308 e. The van der Waals surface area contributed by atoms with Crippen LogP contribution in [0.1, 0.15) is 23.6 Å². The lowest BCUT2D eigenvalue weighted by atomic mass is 10.0. The van der Waals surface area contributed by atoms with E-state index in [0.29, 0.717) is 31.6 Å². The molecular weight excluding hydrogens is 258 g/mol. The Labute approximate surface area is 115 Å². The number of carbonyl (C=O) groups is 1. The number of hydrogen-bond donors (Lipinski definition) is 2. The Bertz CT molecular complexity index is 651. The minimum absolute atomic E-state index is 0.226. The summed E-state index contributed by atoms with van der Waals surface area (Å²) in [6.45, 7) is 0.373. The molecule has 1 aromatic carbocycles. The minimum atomic E-state index is -0.784. The average molecular weight is 273 g/mol. The third-order valence-corrected chi connectivity index (χ3v) is 3.59. The van der Waals surface area contributed by atoms with Gasteiger partial charge in [0.25, 0.3) is 0 Å². The van der Waals surface area contributed by atoms with Gasteiger partial charge in [-0.25, -0.2) is 9.67 Å². The van der Waals surface area contributed by atoms with Crippen LogP contribution in [-0.4, -0.2) is 30.9 Å². The first kappa shape index (κ1) is 12.7.